The molecule has 1 aliphatic heterocycles. The van der Waals surface area contributed by atoms with E-state index in [1.807, 2.05) is 43.0 Å². The lowest BCUT2D eigenvalue weighted by atomic mass is 10.3. The number of carbonyl (C=O) groups excluding carboxylic acids is 1. The number of aryl methyl sites for hydroxylation is 1. The monoisotopic (exact) mass is 263 g/mol. The van der Waals surface area contributed by atoms with Crippen molar-refractivity contribution in [2.75, 3.05) is 33.7 Å². The lowest BCUT2D eigenvalue weighted by Crippen LogP contribution is -2.37. The molecule has 1 atom stereocenters. The number of carbonyl (C=O) groups is 1. The second kappa shape index (κ2) is 6.02. The van der Waals surface area contributed by atoms with E-state index in [1.165, 1.54) is 0 Å². The maximum absolute atomic E-state index is 11.9. The molecule has 0 spiro atoms. The second-order valence-corrected chi connectivity index (χ2v) is 5.24. The number of likely N-dealkylation sites (tertiary alicyclic amines) is 1. The number of ether oxygens (including phenoxy) is 1. The van der Waals surface area contributed by atoms with E-state index < -0.39 is 0 Å². The van der Waals surface area contributed by atoms with E-state index in [-0.39, 0.29) is 12.0 Å². The third-order valence-corrected chi connectivity index (χ3v) is 3.14. The van der Waals surface area contributed by atoms with Gasteiger partial charge < -0.3 is 14.5 Å². The zero-order chi connectivity index (χ0) is 13.8. The molecule has 1 amide bonds. The molecule has 0 aromatic carbocycles. The maximum atomic E-state index is 11.9. The third kappa shape index (κ3) is 3.92. The molecular weight excluding hydrogens is 242 g/mol. The third-order valence-electron chi connectivity index (χ3n) is 3.14. The highest BCUT2D eigenvalue weighted by Gasteiger charge is 2.27. The summed E-state index contributed by atoms with van der Waals surface area (Å²) in [5, 5.41) is 0. The summed E-state index contributed by atoms with van der Waals surface area (Å²) < 4.78 is 5.85. The van der Waals surface area contributed by atoms with Crippen molar-refractivity contribution in [1.29, 1.82) is 0 Å². The van der Waals surface area contributed by atoms with Crippen LogP contribution in [0.4, 0.5) is 0 Å². The van der Waals surface area contributed by atoms with E-state index in [2.05, 4.69) is 4.98 Å². The molecule has 0 saturated carbocycles. The van der Waals surface area contributed by atoms with E-state index in [4.69, 9.17) is 4.74 Å². The largest absolute Gasteiger partial charge is 0.487 e. The molecule has 5 nitrogen and oxygen atoms in total. The summed E-state index contributed by atoms with van der Waals surface area (Å²) >= 11 is 0. The normalized spacial score (nSPS) is 18.9. The first kappa shape index (κ1) is 13.8. The zero-order valence-corrected chi connectivity index (χ0v) is 11.8. The van der Waals surface area contributed by atoms with E-state index >= 15 is 0 Å². The second-order valence-electron chi connectivity index (χ2n) is 5.24. The van der Waals surface area contributed by atoms with E-state index in [1.54, 1.807) is 6.20 Å². The number of rotatable bonds is 4. The van der Waals surface area contributed by atoms with Crippen LogP contribution < -0.4 is 4.74 Å². The van der Waals surface area contributed by atoms with Gasteiger partial charge in [0.2, 0.25) is 5.91 Å². The molecule has 1 aromatic rings. The first-order valence-electron chi connectivity index (χ1n) is 6.56. The minimum atomic E-state index is 0.0793. The van der Waals surface area contributed by atoms with Gasteiger partial charge in [0.1, 0.15) is 11.9 Å². The summed E-state index contributed by atoms with van der Waals surface area (Å²) in [6.07, 6.45) is 2.70. The minimum absolute atomic E-state index is 0.0793. The average molecular weight is 263 g/mol. The molecule has 0 N–H and O–H groups in total. The standard InChI is InChI=1S/C14H21N3O2/c1-11-4-5-12(8-15-11)19-13-6-7-17(9-13)14(18)10-16(2)3/h4-5,8,13H,6-7,9-10H2,1-3H3. The van der Waals surface area contributed by atoms with Crippen LogP contribution in [0.3, 0.4) is 0 Å². The summed E-state index contributed by atoms with van der Waals surface area (Å²) in [5.41, 5.74) is 0.974. The molecule has 0 bridgehead atoms. The highest BCUT2D eigenvalue weighted by molar-refractivity contribution is 5.78. The number of pyridine rings is 1. The first-order chi connectivity index (χ1) is 9.04. The summed E-state index contributed by atoms with van der Waals surface area (Å²) in [6.45, 7) is 3.84. The average Bonchev–Trinajstić information content (AvgIpc) is 2.80. The number of nitrogens with zero attached hydrogens (tertiary/aromatic N) is 3. The highest BCUT2D eigenvalue weighted by atomic mass is 16.5. The van der Waals surface area contributed by atoms with Gasteiger partial charge in [0.25, 0.3) is 0 Å². The number of hydrogen-bond donors (Lipinski definition) is 0. The van der Waals surface area contributed by atoms with Crippen molar-refractivity contribution < 1.29 is 9.53 Å². The number of amides is 1. The molecule has 104 valence electrons. The van der Waals surface area contributed by atoms with E-state index in [9.17, 15) is 4.79 Å². The molecule has 5 heteroatoms. The number of aromatic nitrogens is 1. The summed E-state index contributed by atoms with van der Waals surface area (Å²) in [5.74, 6) is 0.940. The van der Waals surface area contributed by atoms with Crippen molar-refractivity contribution >= 4 is 5.91 Å². The summed E-state index contributed by atoms with van der Waals surface area (Å²) in [6, 6.07) is 3.85. The Morgan fingerprint density at radius 2 is 2.32 bits per heavy atom. The molecule has 1 unspecified atom stereocenters. The van der Waals surface area contributed by atoms with Crippen LogP contribution in [-0.2, 0) is 4.79 Å². The van der Waals surface area contributed by atoms with Gasteiger partial charge in [-0.2, -0.15) is 0 Å². The van der Waals surface area contributed by atoms with Gasteiger partial charge in [-0.1, -0.05) is 0 Å². The van der Waals surface area contributed by atoms with Crippen molar-refractivity contribution in [2.24, 2.45) is 0 Å². The molecule has 1 aromatic heterocycles. The quantitative estimate of drug-likeness (QED) is 0.811. The Balaban J connectivity index is 1.85. The van der Waals surface area contributed by atoms with Gasteiger partial charge in [0.15, 0.2) is 0 Å². The Hall–Kier alpha value is -1.62. The number of likely N-dealkylation sites (N-methyl/N-ethyl adjacent to an activating group) is 1. The van der Waals surface area contributed by atoms with Crippen molar-refractivity contribution in [2.45, 2.75) is 19.4 Å². The Morgan fingerprint density at radius 1 is 1.53 bits per heavy atom. The molecule has 1 saturated heterocycles. The minimum Gasteiger partial charge on any atom is -0.487 e. The summed E-state index contributed by atoms with van der Waals surface area (Å²) in [4.78, 5) is 19.9. The molecule has 0 aliphatic carbocycles. The van der Waals surface area contributed by atoms with Gasteiger partial charge in [0.05, 0.1) is 19.3 Å². The van der Waals surface area contributed by atoms with Crippen molar-refractivity contribution in [3.63, 3.8) is 0 Å². The van der Waals surface area contributed by atoms with Gasteiger partial charge in [-0.25, -0.2) is 0 Å². The van der Waals surface area contributed by atoms with Crippen molar-refractivity contribution in [1.82, 2.24) is 14.8 Å². The molecule has 2 rings (SSSR count). The first-order valence-corrected chi connectivity index (χ1v) is 6.56. The van der Waals surface area contributed by atoms with Gasteiger partial charge in [-0.15, -0.1) is 0 Å². The Labute approximate surface area is 114 Å². The van der Waals surface area contributed by atoms with Crippen LogP contribution in [0.5, 0.6) is 5.75 Å². The van der Waals surface area contributed by atoms with E-state index in [0.29, 0.717) is 13.1 Å². The van der Waals surface area contributed by atoms with E-state index in [0.717, 1.165) is 24.4 Å². The molecule has 2 heterocycles. The van der Waals surface area contributed by atoms with Crippen LogP contribution in [0.25, 0.3) is 0 Å². The summed E-state index contributed by atoms with van der Waals surface area (Å²) in [7, 11) is 3.81. The van der Waals surface area contributed by atoms with Crippen LogP contribution in [0, 0.1) is 6.92 Å². The van der Waals surface area contributed by atoms with Crippen LogP contribution in [0.15, 0.2) is 18.3 Å². The molecule has 19 heavy (non-hydrogen) atoms. The molecule has 1 fully saturated rings. The lowest BCUT2D eigenvalue weighted by Gasteiger charge is -2.19. The van der Waals surface area contributed by atoms with Crippen LogP contribution in [0.1, 0.15) is 12.1 Å². The molecular formula is C14H21N3O2. The lowest BCUT2D eigenvalue weighted by molar-refractivity contribution is -0.131. The highest BCUT2D eigenvalue weighted by Crippen LogP contribution is 2.17. The Morgan fingerprint density at radius 3 is 2.95 bits per heavy atom. The van der Waals surface area contributed by atoms with Crippen molar-refractivity contribution in [3.8, 4) is 5.75 Å². The number of hydrogen-bond acceptors (Lipinski definition) is 4. The predicted molar refractivity (Wildman–Crippen MR) is 73.1 cm³/mol. The van der Waals surface area contributed by atoms with Gasteiger partial charge in [0, 0.05) is 18.7 Å². The molecule has 0 radical (unpaired) electrons. The fraction of sp³-hybridized carbons (Fsp3) is 0.571. The van der Waals surface area contributed by atoms with Crippen LogP contribution >= 0.6 is 0 Å². The smallest absolute Gasteiger partial charge is 0.236 e. The Kier molecular flexibility index (Phi) is 4.37. The zero-order valence-electron chi connectivity index (χ0n) is 11.8. The van der Waals surface area contributed by atoms with Gasteiger partial charge >= 0.3 is 0 Å². The molecule has 1 aliphatic rings. The fourth-order valence-electron chi connectivity index (χ4n) is 2.14. The Bertz CT molecular complexity index is 431. The van der Waals surface area contributed by atoms with Crippen LogP contribution in [0.2, 0.25) is 0 Å². The predicted octanol–water partition coefficient (Wildman–Crippen LogP) is 0.931. The van der Waals surface area contributed by atoms with Crippen molar-refractivity contribution in [3.05, 3.63) is 24.0 Å². The maximum Gasteiger partial charge on any atom is 0.236 e. The fourth-order valence-corrected chi connectivity index (χ4v) is 2.14. The van der Waals surface area contributed by atoms with Crippen LogP contribution in [-0.4, -0.2) is 60.5 Å². The topological polar surface area (TPSA) is 45.7 Å². The van der Waals surface area contributed by atoms with Gasteiger partial charge in [-0.05, 0) is 33.2 Å². The van der Waals surface area contributed by atoms with Gasteiger partial charge in [-0.3, -0.25) is 9.78 Å². The SMILES string of the molecule is Cc1ccc(OC2CCN(C(=O)CN(C)C)C2)cn1.